The van der Waals surface area contributed by atoms with Crippen LogP contribution in [0.25, 0.3) is 0 Å². The largest absolute Gasteiger partial charge is 0.319 e. The molecule has 2 aromatic rings. The minimum Gasteiger partial charge on any atom is -0.319 e. The molecule has 1 aromatic carbocycles. The molecule has 84 valence electrons. The van der Waals surface area contributed by atoms with Gasteiger partial charge in [0.1, 0.15) is 0 Å². The van der Waals surface area contributed by atoms with Gasteiger partial charge in [0.15, 0.2) is 0 Å². The van der Waals surface area contributed by atoms with Crippen molar-refractivity contribution in [3.05, 3.63) is 45.4 Å². The summed E-state index contributed by atoms with van der Waals surface area (Å²) in [6.45, 7) is 2.04. The highest BCUT2D eigenvalue weighted by Gasteiger charge is 2.18. The zero-order valence-electron chi connectivity index (χ0n) is 8.85. The number of hydrogen-bond acceptors (Lipinski definition) is 4. The van der Waals surface area contributed by atoms with Gasteiger partial charge in [-0.1, -0.05) is 41.2 Å². The molecule has 0 spiro atoms. The Morgan fingerprint density at radius 3 is 2.88 bits per heavy atom. The van der Waals surface area contributed by atoms with Gasteiger partial charge in [-0.05, 0) is 29.6 Å². The van der Waals surface area contributed by atoms with Gasteiger partial charge < -0.3 is 5.73 Å². The first-order valence-corrected chi connectivity index (χ1v) is 6.20. The van der Waals surface area contributed by atoms with Crippen molar-refractivity contribution in [1.29, 1.82) is 0 Å². The van der Waals surface area contributed by atoms with Crippen LogP contribution in [0.4, 0.5) is 0 Å². The molecule has 3 nitrogen and oxygen atoms in total. The molecule has 0 fully saturated rings. The summed E-state index contributed by atoms with van der Waals surface area (Å²) in [6.07, 6.45) is 0.837. The van der Waals surface area contributed by atoms with Gasteiger partial charge >= 0.3 is 0 Å². The zero-order chi connectivity index (χ0) is 11.5. The molecule has 0 aliphatic heterocycles. The van der Waals surface area contributed by atoms with Crippen LogP contribution in [0, 0.1) is 0 Å². The second-order valence-electron chi connectivity index (χ2n) is 3.44. The maximum atomic E-state index is 6.18. The normalized spacial score (nSPS) is 12.7. The standard InChI is InChI=1S/C11H12ClN3S/c1-2-9-11(16-15-14-9)10(13)7-5-3-4-6-8(7)12/h3-6,10H,2,13H2,1H3. The Labute approximate surface area is 103 Å². The van der Waals surface area contributed by atoms with Crippen LogP contribution in [0.5, 0.6) is 0 Å². The van der Waals surface area contributed by atoms with Crippen LogP contribution >= 0.6 is 23.1 Å². The quantitative estimate of drug-likeness (QED) is 0.915. The van der Waals surface area contributed by atoms with Gasteiger partial charge in [0.2, 0.25) is 0 Å². The summed E-state index contributed by atoms with van der Waals surface area (Å²) >= 11 is 7.46. The van der Waals surface area contributed by atoms with Crippen molar-refractivity contribution in [3.8, 4) is 0 Å². The van der Waals surface area contributed by atoms with Gasteiger partial charge in [-0.25, -0.2) is 0 Å². The van der Waals surface area contributed by atoms with E-state index in [4.69, 9.17) is 17.3 Å². The number of nitrogens with two attached hydrogens (primary N) is 1. The molecule has 0 bridgehead atoms. The van der Waals surface area contributed by atoms with Gasteiger partial charge in [0.05, 0.1) is 16.6 Å². The van der Waals surface area contributed by atoms with Crippen molar-refractivity contribution < 1.29 is 0 Å². The third kappa shape index (κ3) is 2.09. The molecule has 2 rings (SSSR count). The molecule has 2 N–H and O–H groups in total. The van der Waals surface area contributed by atoms with Crippen LogP contribution in [0.15, 0.2) is 24.3 Å². The Bertz CT molecular complexity index is 484. The number of hydrogen-bond donors (Lipinski definition) is 1. The maximum Gasteiger partial charge on any atom is 0.0804 e. The Kier molecular flexibility index (Phi) is 3.53. The molecular formula is C11H12ClN3S. The highest BCUT2D eigenvalue weighted by molar-refractivity contribution is 7.05. The van der Waals surface area contributed by atoms with Crippen molar-refractivity contribution in [2.24, 2.45) is 5.73 Å². The summed E-state index contributed by atoms with van der Waals surface area (Å²) in [4.78, 5) is 0.996. The lowest BCUT2D eigenvalue weighted by molar-refractivity contribution is 0.854. The highest BCUT2D eigenvalue weighted by atomic mass is 35.5. The Morgan fingerprint density at radius 2 is 2.19 bits per heavy atom. The second kappa shape index (κ2) is 4.91. The fourth-order valence-electron chi connectivity index (χ4n) is 1.57. The van der Waals surface area contributed by atoms with Crippen LogP contribution in [-0.2, 0) is 6.42 Å². The highest BCUT2D eigenvalue weighted by Crippen LogP contribution is 2.29. The third-order valence-corrected chi connectivity index (χ3v) is 3.64. The van der Waals surface area contributed by atoms with Gasteiger partial charge in [-0.3, -0.25) is 0 Å². The monoisotopic (exact) mass is 253 g/mol. The summed E-state index contributed by atoms with van der Waals surface area (Å²) in [5.41, 5.74) is 8.06. The molecule has 1 heterocycles. The molecule has 0 saturated heterocycles. The van der Waals surface area contributed by atoms with Crippen LogP contribution in [0.1, 0.15) is 29.1 Å². The zero-order valence-corrected chi connectivity index (χ0v) is 10.4. The van der Waals surface area contributed by atoms with Crippen molar-refractivity contribution in [2.45, 2.75) is 19.4 Å². The fourth-order valence-corrected chi connectivity index (χ4v) is 2.58. The minimum atomic E-state index is -0.233. The summed E-state index contributed by atoms with van der Waals surface area (Å²) in [6, 6.07) is 7.37. The van der Waals surface area contributed by atoms with Crippen molar-refractivity contribution in [2.75, 3.05) is 0 Å². The van der Waals surface area contributed by atoms with E-state index in [1.165, 1.54) is 11.5 Å². The average molecular weight is 254 g/mol. The molecule has 5 heteroatoms. The van der Waals surface area contributed by atoms with E-state index in [1.54, 1.807) is 0 Å². The second-order valence-corrected chi connectivity index (χ2v) is 4.63. The van der Waals surface area contributed by atoms with Gasteiger partial charge in [-0.2, -0.15) is 0 Å². The lowest BCUT2D eigenvalue weighted by Crippen LogP contribution is -2.12. The first-order chi connectivity index (χ1) is 7.74. The van der Waals surface area contributed by atoms with Crippen molar-refractivity contribution in [3.63, 3.8) is 0 Å². The molecule has 0 amide bonds. The maximum absolute atomic E-state index is 6.18. The van der Waals surface area contributed by atoms with E-state index >= 15 is 0 Å². The van der Waals surface area contributed by atoms with E-state index in [1.807, 2.05) is 31.2 Å². The van der Waals surface area contributed by atoms with E-state index in [0.29, 0.717) is 5.02 Å². The third-order valence-electron chi connectivity index (χ3n) is 2.44. The Morgan fingerprint density at radius 1 is 1.44 bits per heavy atom. The molecule has 0 radical (unpaired) electrons. The molecule has 1 atom stereocenters. The number of rotatable bonds is 3. The summed E-state index contributed by atoms with van der Waals surface area (Å²) in [5.74, 6) is 0. The molecule has 16 heavy (non-hydrogen) atoms. The van der Waals surface area contributed by atoms with E-state index in [2.05, 4.69) is 9.59 Å². The number of nitrogens with zero attached hydrogens (tertiary/aromatic N) is 2. The molecular weight excluding hydrogens is 242 g/mol. The van der Waals surface area contributed by atoms with Crippen LogP contribution in [0.3, 0.4) is 0 Å². The Balaban J connectivity index is 2.39. The number of benzene rings is 1. The number of aromatic nitrogens is 2. The number of halogens is 1. The molecule has 0 saturated carbocycles. The molecule has 1 aromatic heterocycles. The van der Waals surface area contributed by atoms with E-state index in [9.17, 15) is 0 Å². The average Bonchev–Trinajstić information content (AvgIpc) is 2.77. The predicted molar refractivity (Wildman–Crippen MR) is 66.8 cm³/mol. The van der Waals surface area contributed by atoms with Gasteiger partial charge in [0.25, 0.3) is 0 Å². The first-order valence-electron chi connectivity index (χ1n) is 5.05. The summed E-state index contributed by atoms with van der Waals surface area (Å²) in [7, 11) is 0. The molecule has 0 aliphatic rings. The van der Waals surface area contributed by atoms with E-state index in [0.717, 1.165) is 22.6 Å². The smallest absolute Gasteiger partial charge is 0.0804 e. The summed E-state index contributed by atoms with van der Waals surface area (Å²) in [5, 5.41) is 4.74. The lowest BCUT2D eigenvalue weighted by Gasteiger charge is -2.12. The first kappa shape index (κ1) is 11.5. The van der Waals surface area contributed by atoms with E-state index in [-0.39, 0.29) is 6.04 Å². The Hall–Kier alpha value is -0.970. The van der Waals surface area contributed by atoms with Crippen LogP contribution in [-0.4, -0.2) is 9.59 Å². The number of aryl methyl sites for hydroxylation is 1. The van der Waals surface area contributed by atoms with Crippen molar-refractivity contribution in [1.82, 2.24) is 9.59 Å². The van der Waals surface area contributed by atoms with E-state index < -0.39 is 0 Å². The molecule has 0 aliphatic carbocycles. The fraction of sp³-hybridized carbons (Fsp3) is 0.273. The van der Waals surface area contributed by atoms with Crippen LogP contribution < -0.4 is 5.73 Å². The topological polar surface area (TPSA) is 51.8 Å². The lowest BCUT2D eigenvalue weighted by atomic mass is 10.0. The van der Waals surface area contributed by atoms with Gasteiger partial charge in [0, 0.05) is 5.02 Å². The predicted octanol–water partition coefficient (Wildman–Crippen LogP) is 2.80. The van der Waals surface area contributed by atoms with Crippen LogP contribution in [0.2, 0.25) is 5.02 Å². The van der Waals surface area contributed by atoms with Crippen molar-refractivity contribution >= 4 is 23.1 Å². The SMILES string of the molecule is CCc1nnsc1C(N)c1ccccc1Cl. The minimum absolute atomic E-state index is 0.233. The summed E-state index contributed by atoms with van der Waals surface area (Å²) < 4.78 is 3.94. The van der Waals surface area contributed by atoms with Gasteiger partial charge in [-0.15, -0.1) is 5.10 Å². The molecule has 1 unspecified atom stereocenters.